The third kappa shape index (κ3) is 2.15. The fraction of sp³-hybridized carbons (Fsp3) is 0.333. The van der Waals surface area contributed by atoms with Crippen molar-refractivity contribution in [1.82, 2.24) is 9.78 Å². The van der Waals surface area contributed by atoms with E-state index in [1.807, 2.05) is 6.07 Å². The van der Waals surface area contributed by atoms with Crippen LogP contribution in [0, 0.1) is 0 Å². The highest BCUT2D eigenvalue weighted by Crippen LogP contribution is 2.28. The number of carbonyl (C=O) groups is 1. The van der Waals surface area contributed by atoms with Crippen molar-refractivity contribution in [3.05, 3.63) is 47.3 Å². The molecule has 104 valence electrons. The highest BCUT2D eigenvalue weighted by atomic mass is 16.4. The van der Waals surface area contributed by atoms with E-state index in [2.05, 4.69) is 28.2 Å². The minimum Gasteiger partial charge on any atom is -0.477 e. The Hall–Kier alpha value is -2.30. The van der Waals surface area contributed by atoms with Crippen molar-refractivity contribution in [2.75, 3.05) is 11.4 Å². The minimum absolute atomic E-state index is 0.271. The van der Waals surface area contributed by atoms with Gasteiger partial charge in [-0.15, -0.1) is 0 Å². The Morgan fingerprint density at radius 1 is 1.40 bits per heavy atom. The van der Waals surface area contributed by atoms with Crippen LogP contribution < -0.4 is 4.90 Å². The molecular formula is C15H17N3O2. The Bertz CT molecular complexity index is 648. The lowest BCUT2D eigenvalue weighted by Crippen LogP contribution is -2.29. The highest BCUT2D eigenvalue weighted by Gasteiger charge is 2.21. The number of para-hydroxylation sites is 1. The normalized spacial score (nSPS) is 14.2. The first-order chi connectivity index (χ1) is 9.66. The van der Waals surface area contributed by atoms with Crippen molar-refractivity contribution in [1.29, 1.82) is 0 Å². The van der Waals surface area contributed by atoms with Crippen LogP contribution in [0.1, 0.15) is 28.0 Å². The quantitative estimate of drug-likeness (QED) is 0.928. The molecule has 20 heavy (non-hydrogen) atoms. The molecule has 0 radical (unpaired) electrons. The largest absolute Gasteiger partial charge is 0.477 e. The third-order valence-electron chi connectivity index (χ3n) is 3.78. The smallest absolute Gasteiger partial charge is 0.354 e. The van der Waals surface area contributed by atoms with E-state index in [4.69, 9.17) is 0 Å². The number of aromatic carboxylic acids is 1. The average Bonchev–Trinajstić information content (AvgIpc) is 2.80. The Labute approximate surface area is 117 Å². The SMILES string of the molecule is Cn1ncc(CN2CCCc3ccccc32)c1C(=O)O. The van der Waals surface area contributed by atoms with Crippen LogP contribution in [0.4, 0.5) is 5.69 Å². The number of rotatable bonds is 3. The molecule has 1 aliphatic rings. The number of nitrogens with zero attached hydrogens (tertiary/aromatic N) is 3. The summed E-state index contributed by atoms with van der Waals surface area (Å²) in [6, 6.07) is 8.32. The molecule has 3 rings (SSSR count). The van der Waals surface area contributed by atoms with Gasteiger partial charge in [0.05, 0.1) is 6.20 Å². The third-order valence-corrected chi connectivity index (χ3v) is 3.78. The number of carboxylic acid groups (broad SMARTS) is 1. The fourth-order valence-electron chi connectivity index (χ4n) is 2.86. The summed E-state index contributed by atoms with van der Waals surface area (Å²) in [7, 11) is 1.66. The summed E-state index contributed by atoms with van der Waals surface area (Å²) in [5, 5.41) is 13.3. The molecule has 0 unspecified atom stereocenters. The minimum atomic E-state index is -0.926. The first kappa shape index (κ1) is 12.7. The molecule has 1 aromatic heterocycles. The molecule has 5 nitrogen and oxygen atoms in total. The van der Waals surface area contributed by atoms with E-state index in [-0.39, 0.29) is 5.69 Å². The molecule has 1 N–H and O–H groups in total. The molecule has 5 heteroatoms. The summed E-state index contributed by atoms with van der Waals surface area (Å²) in [6.07, 6.45) is 3.84. The number of aromatic nitrogens is 2. The van der Waals surface area contributed by atoms with E-state index in [9.17, 15) is 9.90 Å². The Kier molecular flexibility index (Phi) is 3.18. The maximum Gasteiger partial charge on any atom is 0.354 e. The van der Waals surface area contributed by atoms with Gasteiger partial charge in [-0.25, -0.2) is 4.79 Å². The molecule has 1 aromatic carbocycles. The van der Waals surface area contributed by atoms with Gasteiger partial charge in [0, 0.05) is 31.4 Å². The molecule has 0 fully saturated rings. The van der Waals surface area contributed by atoms with Gasteiger partial charge >= 0.3 is 5.97 Å². The lowest BCUT2D eigenvalue weighted by atomic mass is 10.0. The van der Waals surface area contributed by atoms with Crippen LogP contribution in [-0.4, -0.2) is 27.4 Å². The van der Waals surface area contributed by atoms with Crippen LogP contribution in [0.5, 0.6) is 0 Å². The number of fused-ring (bicyclic) bond motifs is 1. The number of hydrogen-bond acceptors (Lipinski definition) is 3. The predicted octanol–water partition coefficient (Wildman–Crippen LogP) is 2.07. The van der Waals surface area contributed by atoms with E-state index in [1.165, 1.54) is 15.9 Å². The number of hydrogen-bond donors (Lipinski definition) is 1. The Morgan fingerprint density at radius 3 is 3.00 bits per heavy atom. The Balaban J connectivity index is 1.92. The van der Waals surface area contributed by atoms with Crippen LogP contribution in [0.25, 0.3) is 0 Å². The maximum atomic E-state index is 11.3. The maximum absolute atomic E-state index is 11.3. The van der Waals surface area contributed by atoms with E-state index < -0.39 is 5.97 Å². The molecule has 0 spiro atoms. The molecule has 0 aliphatic carbocycles. The van der Waals surface area contributed by atoms with E-state index in [0.717, 1.165) is 24.9 Å². The zero-order chi connectivity index (χ0) is 14.1. The molecule has 2 heterocycles. The first-order valence-electron chi connectivity index (χ1n) is 6.74. The lowest BCUT2D eigenvalue weighted by molar-refractivity contribution is 0.0683. The van der Waals surface area contributed by atoms with Crippen molar-refractivity contribution in [2.24, 2.45) is 7.05 Å². The van der Waals surface area contributed by atoms with Gasteiger partial charge in [-0.2, -0.15) is 5.10 Å². The zero-order valence-electron chi connectivity index (χ0n) is 11.4. The van der Waals surface area contributed by atoms with Gasteiger partial charge in [-0.3, -0.25) is 4.68 Å². The van der Waals surface area contributed by atoms with Crippen molar-refractivity contribution < 1.29 is 9.90 Å². The Morgan fingerprint density at radius 2 is 2.20 bits per heavy atom. The van der Waals surface area contributed by atoms with Crippen LogP contribution >= 0.6 is 0 Å². The molecule has 1 aliphatic heterocycles. The number of benzene rings is 1. The van der Waals surface area contributed by atoms with Gasteiger partial charge in [0.15, 0.2) is 5.69 Å². The summed E-state index contributed by atoms with van der Waals surface area (Å²) in [5.41, 5.74) is 3.57. The van der Waals surface area contributed by atoms with Gasteiger partial charge < -0.3 is 10.0 Å². The van der Waals surface area contributed by atoms with Gasteiger partial charge in [0.2, 0.25) is 0 Å². The van der Waals surface area contributed by atoms with Crippen LogP contribution in [0.2, 0.25) is 0 Å². The van der Waals surface area contributed by atoms with Crippen LogP contribution in [0.15, 0.2) is 30.5 Å². The molecule has 0 saturated carbocycles. The van der Waals surface area contributed by atoms with Crippen molar-refractivity contribution >= 4 is 11.7 Å². The highest BCUT2D eigenvalue weighted by molar-refractivity contribution is 5.87. The summed E-state index contributed by atoms with van der Waals surface area (Å²) in [5.74, 6) is -0.926. The van der Waals surface area contributed by atoms with Gasteiger partial charge in [0.1, 0.15) is 0 Å². The van der Waals surface area contributed by atoms with Gasteiger partial charge in [-0.05, 0) is 24.5 Å². The summed E-state index contributed by atoms with van der Waals surface area (Å²) in [4.78, 5) is 13.5. The molecule has 0 bridgehead atoms. The van der Waals surface area contributed by atoms with Crippen molar-refractivity contribution in [3.8, 4) is 0 Å². The number of anilines is 1. The van der Waals surface area contributed by atoms with Gasteiger partial charge in [0.25, 0.3) is 0 Å². The van der Waals surface area contributed by atoms with Crippen LogP contribution in [-0.2, 0) is 20.0 Å². The van der Waals surface area contributed by atoms with Crippen molar-refractivity contribution in [3.63, 3.8) is 0 Å². The van der Waals surface area contributed by atoms with E-state index in [0.29, 0.717) is 6.54 Å². The second-order valence-electron chi connectivity index (χ2n) is 5.10. The van der Waals surface area contributed by atoms with E-state index >= 15 is 0 Å². The second-order valence-corrected chi connectivity index (χ2v) is 5.10. The molecule has 0 atom stereocenters. The number of aryl methyl sites for hydroxylation is 2. The summed E-state index contributed by atoms with van der Waals surface area (Å²) < 4.78 is 1.42. The summed E-state index contributed by atoms with van der Waals surface area (Å²) >= 11 is 0. The number of carboxylic acids is 1. The fourth-order valence-corrected chi connectivity index (χ4v) is 2.86. The van der Waals surface area contributed by atoms with Crippen molar-refractivity contribution in [2.45, 2.75) is 19.4 Å². The first-order valence-corrected chi connectivity index (χ1v) is 6.74. The standard InChI is InChI=1S/C15H17N3O2/c1-17-14(15(19)20)12(9-16-17)10-18-8-4-6-11-5-2-3-7-13(11)18/h2-3,5,7,9H,4,6,8,10H2,1H3,(H,19,20). The predicted molar refractivity (Wildman–Crippen MR) is 76.0 cm³/mol. The summed E-state index contributed by atoms with van der Waals surface area (Å²) in [6.45, 7) is 1.54. The zero-order valence-corrected chi connectivity index (χ0v) is 11.4. The second kappa shape index (κ2) is 5.00. The van der Waals surface area contributed by atoms with Gasteiger partial charge in [-0.1, -0.05) is 18.2 Å². The molecule has 0 saturated heterocycles. The average molecular weight is 271 g/mol. The van der Waals surface area contributed by atoms with Crippen LogP contribution in [0.3, 0.4) is 0 Å². The topological polar surface area (TPSA) is 58.4 Å². The monoisotopic (exact) mass is 271 g/mol. The molecular weight excluding hydrogens is 254 g/mol. The van der Waals surface area contributed by atoms with E-state index in [1.54, 1.807) is 13.2 Å². The molecule has 2 aromatic rings. The molecule has 0 amide bonds. The lowest BCUT2D eigenvalue weighted by Gasteiger charge is -2.31.